The molecule has 0 saturated carbocycles. The normalized spacial score (nSPS) is 29.4. The molecular weight excluding hydrogens is 539 g/mol. The van der Waals surface area contributed by atoms with Crippen molar-refractivity contribution in [3.8, 4) is 11.3 Å². The zero-order valence-electron chi connectivity index (χ0n) is 21.6. The number of aliphatic hydroxyl groups is 2. The largest absolute Gasteiger partial charge is 0.465 e. The standard InChI is InChI=1S/C25H30F3N5O7/c1-38-24-19(9-14-8-17(30-40-14)12-2-4-32(5-3-12)25(36)37)39-20(11-34)23(35)22(24)33-10-18(29-31-33)13-6-15(26)21(28)16(27)7-13/h6-7,10,12,14,19-20,22-24,34-35H,2-5,8-9,11H2,1H3,(H,36,37)/t14?,19-,20-,22+,23+,24+/m1/s1. The Morgan fingerprint density at radius 1 is 1.18 bits per heavy atom. The third kappa shape index (κ3) is 5.50. The van der Waals surface area contributed by atoms with Crippen molar-refractivity contribution in [2.24, 2.45) is 11.1 Å². The molecule has 0 spiro atoms. The number of piperidine rings is 1. The van der Waals surface area contributed by atoms with E-state index in [4.69, 9.17) is 14.3 Å². The van der Waals surface area contributed by atoms with E-state index in [2.05, 4.69) is 15.5 Å². The lowest BCUT2D eigenvalue weighted by Crippen LogP contribution is -2.57. The van der Waals surface area contributed by atoms with Crippen LogP contribution in [0.3, 0.4) is 0 Å². The van der Waals surface area contributed by atoms with Gasteiger partial charge in [-0.25, -0.2) is 22.6 Å². The lowest BCUT2D eigenvalue weighted by molar-refractivity contribution is -0.219. The summed E-state index contributed by atoms with van der Waals surface area (Å²) in [5.74, 6) is -4.25. The smallest absolute Gasteiger partial charge is 0.407 e. The average Bonchev–Trinajstić information content (AvgIpc) is 3.62. The lowest BCUT2D eigenvalue weighted by Gasteiger charge is -2.44. The Labute approximate surface area is 226 Å². The van der Waals surface area contributed by atoms with E-state index in [9.17, 15) is 33.3 Å². The number of rotatable bonds is 7. The number of hydrogen-bond acceptors (Lipinski definition) is 9. The van der Waals surface area contributed by atoms with Gasteiger partial charge in [-0.1, -0.05) is 10.4 Å². The van der Waals surface area contributed by atoms with Crippen molar-refractivity contribution in [1.82, 2.24) is 19.9 Å². The quantitative estimate of drug-likeness (QED) is 0.425. The van der Waals surface area contributed by atoms with Gasteiger partial charge in [-0.05, 0) is 25.0 Å². The topological polar surface area (TPSA) is 152 Å². The molecule has 40 heavy (non-hydrogen) atoms. The number of methoxy groups -OCH3 is 1. The van der Waals surface area contributed by atoms with Gasteiger partial charge in [-0.3, -0.25) is 0 Å². The summed E-state index contributed by atoms with van der Waals surface area (Å²) in [5.41, 5.74) is 0.844. The van der Waals surface area contributed by atoms with Gasteiger partial charge in [0.25, 0.3) is 0 Å². The summed E-state index contributed by atoms with van der Waals surface area (Å²) in [6.45, 7) is 0.349. The maximum atomic E-state index is 13.8. The molecule has 12 nitrogen and oxygen atoms in total. The van der Waals surface area contributed by atoms with Crippen LogP contribution < -0.4 is 0 Å². The molecule has 1 amide bonds. The minimum absolute atomic E-state index is 0.0366. The van der Waals surface area contributed by atoms with E-state index in [-0.39, 0.29) is 23.3 Å². The molecule has 0 bridgehead atoms. The summed E-state index contributed by atoms with van der Waals surface area (Å²) in [5, 5.41) is 42.3. The summed E-state index contributed by atoms with van der Waals surface area (Å²) in [4.78, 5) is 18.2. The number of hydrogen-bond donors (Lipinski definition) is 3. The van der Waals surface area contributed by atoms with Crippen LogP contribution in [-0.4, -0.2) is 104 Å². The third-order valence-corrected chi connectivity index (χ3v) is 7.82. The molecule has 6 atom stereocenters. The molecule has 2 saturated heterocycles. The summed E-state index contributed by atoms with van der Waals surface area (Å²) in [6.07, 6.45) is -1.59. The van der Waals surface area contributed by atoms with Crippen LogP contribution in [0.2, 0.25) is 0 Å². The molecule has 3 N–H and O–H groups in total. The van der Waals surface area contributed by atoms with Gasteiger partial charge in [0, 0.05) is 44.5 Å². The minimum Gasteiger partial charge on any atom is -0.465 e. The van der Waals surface area contributed by atoms with Gasteiger partial charge in [0.05, 0.1) is 24.6 Å². The fourth-order valence-corrected chi connectivity index (χ4v) is 5.69. The number of carbonyl (C=O) groups is 1. The van der Waals surface area contributed by atoms with Gasteiger partial charge in [-0.15, -0.1) is 5.10 Å². The predicted octanol–water partition coefficient (Wildman–Crippen LogP) is 1.96. The Kier molecular flexibility index (Phi) is 8.26. The van der Waals surface area contributed by atoms with E-state index < -0.39 is 60.6 Å². The number of carboxylic acid groups (broad SMARTS) is 1. The highest BCUT2D eigenvalue weighted by atomic mass is 19.2. The van der Waals surface area contributed by atoms with Crippen LogP contribution in [0.25, 0.3) is 11.3 Å². The Hall–Kier alpha value is -3.27. The molecule has 3 aliphatic heterocycles. The number of benzene rings is 1. The van der Waals surface area contributed by atoms with Crippen molar-refractivity contribution >= 4 is 11.8 Å². The summed E-state index contributed by atoms with van der Waals surface area (Å²) in [7, 11) is 1.43. The number of likely N-dealkylation sites (tertiary alicyclic amines) is 1. The Morgan fingerprint density at radius 3 is 2.50 bits per heavy atom. The second-order valence-corrected chi connectivity index (χ2v) is 10.2. The van der Waals surface area contributed by atoms with Crippen molar-refractivity contribution in [1.29, 1.82) is 0 Å². The van der Waals surface area contributed by atoms with Crippen LogP contribution in [0, 0.1) is 23.4 Å². The molecule has 1 aromatic carbocycles. The van der Waals surface area contributed by atoms with Gasteiger partial charge in [-0.2, -0.15) is 0 Å². The fraction of sp³-hybridized carbons (Fsp3) is 0.600. The van der Waals surface area contributed by atoms with E-state index in [1.54, 1.807) is 0 Å². The Morgan fingerprint density at radius 2 is 1.88 bits per heavy atom. The van der Waals surface area contributed by atoms with Gasteiger partial charge in [0.15, 0.2) is 17.5 Å². The van der Waals surface area contributed by atoms with Crippen molar-refractivity contribution in [3.63, 3.8) is 0 Å². The van der Waals surface area contributed by atoms with Crippen LogP contribution in [-0.2, 0) is 14.3 Å². The highest BCUT2D eigenvalue weighted by Gasteiger charge is 2.48. The molecule has 218 valence electrons. The average molecular weight is 570 g/mol. The molecule has 1 aromatic heterocycles. The van der Waals surface area contributed by atoms with Gasteiger partial charge in [0.2, 0.25) is 0 Å². The molecule has 15 heteroatoms. The maximum Gasteiger partial charge on any atom is 0.407 e. The molecular formula is C25H30F3N5O7. The van der Waals surface area contributed by atoms with E-state index in [0.29, 0.717) is 38.8 Å². The number of oxime groups is 1. The second kappa shape index (κ2) is 11.7. The summed E-state index contributed by atoms with van der Waals surface area (Å²) in [6, 6.07) is 0.682. The highest BCUT2D eigenvalue weighted by Crippen LogP contribution is 2.36. The molecule has 5 rings (SSSR count). The predicted molar refractivity (Wildman–Crippen MR) is 131 cm³/mol. The van der Waals surface area contributed by atoms with Gasteiger partial charge < -0.3 is 34.5 Å². The first-order chi connectivity index (χ1) is 19.2. The van der Waals surface area contributed by atoms with Crippen LogP contribution >= 0.6 is 0 Å². The number of aliphatic hydroxyl groups excluding tert-OH is 2. The van der Waals surface area contributed by atoms with Crippen molar-refractivity contribution in [2.45, 2.75) is 62.2 Å². The second-order valence-electron chi connectivity index (χ2n) is 10.2. The van der Waals surface area contributed by atoms with Crippen molar-refractivity contribution < 1.29 is 47.6 Å². The Balaban J connectivity index is 1.30. The zero-order chi connectivity index (χ0) is 28.6. The van der Waals surface area contributed by atoms with E-state index in [0.717, 1.165) is 17.8 Å². The van der Waals surface area contributed by atoms with Crippen LogP contribution in [0.4, 0.5) is 18.0 Å². The molecule has 0 radical (unpaired) electrons. The highest BCUT2D eigenvalue weighted by molar-refractivity contribution is 5.88. The first-order valence-electron chi connectivity index (χ1n) is 12.9. The molecule has 3 aliphatic rings. The Bertz CT molecular complexity index is 1230. The monoisotopic (exact) mass is 569 g/mol. The number of nitrogens with zero attached hydrogens (tertiary/aromatic N) is 5. The first-order valence-corrected chi connectivity index (χ1v) is 12.9. The summed E-state index contributed by atoms with van der Waals surface area (Å²) >= 11 is 0. The molecule has 0 aliphatic carbocycles. The number of amides is 1. The number of aromatic nitrogens is 3. The van der Waals surface area contributed by atoms with Crippen LogP contribution in [0.15, 0.2) is 23.5 Å². The summed E-state index contributed by atoms with van der Waals surface area (Å²) < 4.78 is 54.0. The van der Waals surface area contributed by atoms with E-state index in [1.807, 2.05) is 0 Å². The third-order valence-electron chi connectivity index (χ3n) is 7.82. The van der Waals surface area contributed by atoms with Gasteiger partial charge >= 0.3 is 6.09 Å². The lowest BCUT2D eigenvalue weighted by atomic mass is 9.86. The molecule has 4 heterocycles. The molecule has 1 unspecified atom stereocenters. The van der Waals surface area contributed by atoms with Crippen LogP contribution in [0.1, 0.15) is 31.7 Å². The van der Waals surface area contributed by atoms with Crippen molar-refractivity contribution in [3.05, 3.63) is 35.8 Å². The van der Waals surface area contributed by atoms with E-state index in [1.165, 1.54) is 22.9 Å². The molecule has 2 fully saturated rings. The maximum absolute atomic E-state index is 13.8. The molecule has 2 aromatic rings. The van der Waals surface area contributed by atoms with Crippen LogP contribution in [0.5, 0.6) is 0 Å². The number of halogens is 3. The fourth-order valence-electron chi connectivity index (χ4n) is 5.69. The van der Waals surface area contributed by atoms with Crippen molar-refractivity contribution in [2.75, 3.05) is 26.8 Å². The zero-order valence-corrected chi connectivity index (χ0v) is 21.6. The minimum atomic E-state index is -1.60. The SMILES string of the molecule is CO[C@@H]1[C@@H](n2cc(-c3cc(F)c(F)c(F)c3)nn2)[C@@H](O)[C@@H](CO)O[C@@H]1CC1CC(C2CCN(C(=O)O)CC2)=NO1. The number of ether oxygens (including phenoxy) is 2. The van der Waals surface area contributed by atoms with E-state index >= 15 is 0 Å². The van der Waals surface area contributed by atoms with Gasteiger partial charge in [0.1, 0.15) is 36.2 Å². The first kappa shape index (κ1) is 28.3.